The van der Waals surface area contributed by atoms with Crippen LogP contribution >= 0.6 is 0 Å². The number of nitrogens with two attached hydrogens (primary N) is 1. The number of urea groups is 1. The molecule has 2 unspecified atom stereocenters. The first kappa shape index (κ1) is 71.3. The Morgan fingerprint density at radius 3 is 2.10 bits per heavy atom. The van der Waals surface area contributed by atoms with Gasteiger partial charge in [-0.25, -0.2) is 19.3 Å². The van der Waals surface area contributed by atoms with E-state index in [-0.39, 0.29) is 122 Å². The minimum atomic E-state index is -2.72. The van der Waals surface area contributed by atoms with Crippen LogP contribution in [-0.2, 0) is 46.0 Å². The predicted octanol–water partition coefficient (Wildman–Crippen LogP) is 11.5. The maximum absolute atomic E-state index is 15.3. The zero-order valence-corrected chi connectivity index (χ0v) is 58.0. The molecule has 7 amide bonds. The summed E-state index contributed by atoms with van der Waals surface area (Å²) in [4.78, 5) is 117. The second-order valence-electron chi connectivity index (χ2n) is 27.7. The number of nitrogens with one attached hydrogen (secondary N) is 2. The van der Waals surface area contributed by atoms with Crippen molar-refractivity contribution in [2.75, 3.05) is 63.0 Å². The largest absolute Gasteiger partial charge is 0.493 e. The summed E-state index contributed by atoms with van der Waals surface area (Å²) in [5.41, 5.74) is 11.3. The van der Waals surface area contributed by atoms with Crippen molar-refractivity contribution >= 4 is 73.0 Å². The van der Waals surface area contributed by atoms with Gasteiger partial charge >= 0.3 is 24.2 Å². The van der Waals surface area contributed by atoms with Crippen LogP contribution in [0, 0.1) is 31.1 Å². The fourth-order valence-electron chi connectivity index (χ4n) is 12.5. The van der Waals surface area contributed by atoms with E-state index in [1.54, 1.807) is 67.3 Å². The molecule has 0 radical (unpaired) electrons. The summed E-state index contributed by atoms with van der Waals surface area (Å²) in [5, 5.41) is 5.09. The molecule has 5 atom stereocenters. The van der Waals surface area contributed by atoms with Gasteiger partial charge in [0.2, 0.25) is 5.91 Å². The molecule has 1 spiro atoms. The summed E-state index contributed by atoms with van der Waals surface area (Å²) >= 11 is 0. The molecule has 5 aliphatic rings. The molecule has 23 heteroatoms. The Bertz CT molecular complexity index is 3630. The lowest BCUT2D eigenvalue weighted by Crippen LogP contribution is -2.58. The third-order valence-electron chi connectivity index (χ3n) is 19.2. The van der Waals surface area contributed by atoms with Gasteiger partial charge in [-0.1, -0.05) is 114 Å². The molecule has 1 saturated carbocycles. The molecule has 0 aromatic heterocycles. The molecule has 1 saturated heterocycles. The molecule has 2 fully saturated rings. The van der Waals surface area contributed by atoms with E-state index >= 15 is 9.59 Å². The van der Waals surface area contributed by atoms with Crippen LogP contribution in [0.1, 0.15) is 135 Å². The van der Waals surface area contributed by atoms with E-state index < -0.39 is 62.6 Å². The van der Waals surface area contributed by atoms with Gasteiger partial charge in [0, 0.05) is 44.3 Å². The number of anilines is 2. The molecular formula is C73H93N7O15Si. The number of ether oxygens (including phenoxy) is 6. The SMILES string of the molecule is C=CCOC(=O)C[C@H](C(=O)NC(CCCNC(N)=O)C(=O)Cc1ccc(COC(=O)N2c3cc(OCCCOc4cc5c(cc4OC)C(=O)N4C=C(c6ccc(C)cc6)C[C@H]4CN5C(=O)OCC=C)c(C)cc3C(=O)N3CC4(CC4)C[C@H]3C2O[Si](C)(C)C(C)(C)C)cc1)C(C)C. The number of carbonyl (C=O) groups excluding carboxylic acids is 8. The van der Waals surface area contributed by atoms with E-state index in [1.165, 1.54) is 29.1 Å². The summed E-state index contributed by atoms with van der Waals surface area (Å²) < 4.78 is 43.1. The molecule has 0 bridgehead atoms. The van der Waals surface area contributed by atoms with Gasteiger partial charge in [-0.3, -0.25) is 28.9 Å². The summed E-state index contributed by atoms with van der Waals surface area (Å²) in [6.45, 7) is 26.3. The molecule has 1 aliphatic carbocycles. The van der Waals surface area contributed by atoms with Gasteiger partial charge in [0.05, 0.1) is 79.8 Å². The highest BCUT2D eigenvalue weighted by Gasteiger charge is 2.60. The second-order valence-corrected chi connectivity index (χ2v) is 32.4. The number of ketones is 1. The van der Waals surface area contributed by atoms with Crippen molar-refractivity contribution in [3.8, 4) is 17.2 Å². The smallest absolute Gasteiger partial charge is 0.416 e. The molecule has 9 rings (SSSR count). The third kappa shape index (κ3) is 16.6. The molecule has 96 heavy (non-hydrogen) atoms. The van der Waals surface area contributed by atoms with E-state index in [4.69, 9.17) is 38.6 Å². The lowest BCUT2D eigenvalue weighted by molar-refractivity contribution is -0.146. The first-order valence-electron chi connectivity index (χ1n) is 33.1. The molecule has 514 valence electrons. The van der Waals surface area contributed by atoms with Gasteiger partial charge < -0.3 is 59.0 Å². The zero-order valence-electron chi connectivity index (χ0n) is 57.0. The van der Waals surface area contributed by atoms with Crippen LogP contribution in [-0.4, -0.2) is 143 Å². The first-order chi connectivity index (χ1) is 45.6. The average molecular weight is 1340 g/mol. The van der Waals surface area contributed by atoms with Crippen molar-refractivity contribution in [2.45, 2.75) is 155 Å². The van der Waals surface area contributed by atoms with E-state index in [2.05, 4.69) is 57.7 Å². The summed E-state index contributed by atoms with van der Waals surface area (Å²) in [7, 11) is -1.24. The average Bonchev–Trinajstić information content (AvgIpc) is 1.56. The predicted molar refractivity (Wildman–Crippen MR) is 366 cm³/mol. The summed E-state index contributed by atoms with van der Waals surface area (Å²) in [6, 6.07) is 19.3. The fraction of sp³-hybridized carbons (Fsp3) is 0.479. The highest BCUT2D eigenvalue weighted by molar-refractivity contribution is 6.74. The highest BCUT2D eigenvalue weighted by Crippen LogP contribution is 2.58. The maximum atomic E-state index is 15.3. The number of carbonyl (C=O) groups is 8. The Hall–Kier alpha value is -8.96. The van der Waals surface area contributed by atoms with Crippen LogP contribution in [0.25, 0.3) is 5.57 Å². The number of fused-ring (bicyclic) bond motifs is 4. The minimum absolute atomic E-state index is 0.000157. The molecule has 4 heterocycles. The molecule has 4 aromatic rings. The number of hydrogen-bond donors (Lipinski definition) is 3. The van der Waals surface area contributed by atoms with E-state index in [0.717, 1.165) is 29.5 Å². The van der Waals surface area contributed by atoms with Crippen LogP contribution in [0.5, 0.6) is 17.2 Å². The zero-order chi connectivity index (χ0) is 69.4. The Labute approximate surface area is 563 Å². The number of aryl methyl sites for hydroxylation is 2. The van der Waals surface area contributed by atoms with Crippen molar-refractivity contribution in [3.63, 3.8) is 0 Å². The molecular weight excluding hydrogens is 1240 g/mol. The Morgan fingerprint density at radius 1 is 0.802 bits per heavy atom. The monoisotopic (exact) mass is 1340 g/mol. The van der Waals surface area contributed by atoms with Crippen LogP contribution < -0.4 is 40.4 Å². The molecule has 4 aliphatic heterocycles. The van der Waals surface area contributed by atoms with Crippen molar-refractivity contribution in [1.29, 1.82) is 0 Å². The van der Waals surface area contributed by atoms with Gasteiger partial charge in [0.25, 0.3) is 11.8 Å². The Balaban J connectivity index is 0.933. The highest BCUT2D eigenvalue weighted by atomic mass is 28.4. The third-order valence-corrected chi connectivity index (χ3v) is 23.7. The van der Waals surface area contributed by atoms with Crippen LogP contribution in [0.3, 0.4) is 0 Å². The molecule has 4 aromatic carbocycles. The minimum Gasteiger partial charge on any atom is -0.493 e. The number of methoxy groups -OCH3 is 1. The number of esters is 1. The van der Waals surface area contributed by atoms with E-state index in [9.17, 15) is 28.8 Å². The van der Waals surface area contributed by atoms with Crippen LogP contribution in [0.2, 0.25) is 18.1 Å². The van der Waals surface area contributed by atoms with E-state index in [0.29, 0.717) is 71.7 Å². The number of hydrogen-bond acceptors (Lipinski definition) is 15. The number of benzene rings is 4. The lowest BCUT2D eigenvalue weighted by atomic mass is 9.90. The number of Topliss-reactive ketones (excluding diaryl/α,β-unsaturated/α-hetero) is 1. The standard InChI is InChI=1S/C73H93N7O15Si/c1-13-29-92-64(82)37-53(45(3)4)65(83)76-56(17-15-28-75-69(74)86)60(81)34-48-20-22-49(23-21-48)43-94-71(88)80-58-39-61(47(6)33-54(58)67(85)79-44-73(26-27-73)40-59(79)68(80)95-96(11,12)72(7,8)9)90-31-16-32-91-63-38-57-55(36-62(63)89-10)66(84)77-41-51(50-24-18-46(5)19-25-50)35-52(77)42-78(57)70(87)93-30-14-2/h13-14,18-25,33,36,38-39,41,45,52-53,56,59,68H,1-2,15-17,26-32,34-35,37,40,42-44H2,3-12H3,(H,76,83)(H3,74,75,86)/t52-,53-,56?,59-,68?/m0/s1. The van der Waals surface area contributed by atoms with Crippen molar-refractivity contribution in [2.24, 2.45) is 23.0 Å². The molecule has 22 nitrogen and oxygen atoms in total. The van der Waals surface area contributed by atoms with Crippen LogP contribution in [0.15, 0.2) is 104 Å². The van der Waals surface area contributed by atoms with Gasteiger partial charge in [0.15, 0.2) is 31.8 Å². The number of amides is 7. The Kier molecular flexibility index (Phi) is 22.6. The van der Waals surface area contributed by atoms with Crippen LogP contribution in [0.4, 0.5) is 25.8 Å². The molecule has 4 N–H and O–H groups in total. The normalized spacial score (nSPS) is 18.3. The topological polar surface area (TPSA) is 264 Å². The van der Waals surface area contributed by atoms with Gasteiger partial charge in [-0.05, 0) is 122 Å². The maximum Gasteiger partial charge on any atom is 0.416 e. The fourth-order valence-corrected chi connectivity index (χ4v) is 13.7. The summed E-state index contributed by atoms with van der Waals surface area (Å²) in [5.74, 6) is -1.91. The van der Waals surface area contributed by atoms with E-state index in [1.807, 2.05) is 49.2 Å². The lowest BCUT2D eigenvalue weighted by Gasteiger charge is -2.44. The quantitative estimate of drug-likeness (QED) is 0.0157. The van der Waals surface area contributed by atoms with Crippen molar-refractivity contribution < 1.29 is 71.2 Å². The van der Waals surface area contributed by atoms with Gasteiger partial charge in [-0.2, -0.15) is 0 Å². The van der Waals surface area contributed by atoms with Crippen molar-refractivity contribution in [3.05, 3.63) is 143 Å². The number of nitrogens with zero attached hydrogens (tertiary/aromatic N) is 4. The summed E-state index contributed by atoms with van der Waals surface area (Å²) in [6.07, 6.45) is 6.14. The van der Waals surface area contributed by atoms with Crippen molar-refractivity contribution in [1.82, 2.24) is 20.4 Å². The van der Waals surface area contributed by atoms with Gasteiger partial charge in [-0.15, -0.1) is 0 Å². The Morgan fingerprint density at radius 2 is 1.46 bits per heavy atom. The van der Waals surface area contributed by atoms with Gasteiger partial charge in [0.1, 0.15) is 25.6 Å². The first-order valence-corrected chi connectivity index (χ1v) is 36.0. The number of rotatable bonds is 28. The number of primary amides is 1. The second kappa shape index (κ2) is 30.4.